The van der Waals surface area contributed by atoms with Gasteiger partial charge in [-0.05, 0) is 47.0 Å². The van der Waals surface area contributed by atoms with Crippen molar-refractivity contribution in [3.63, 3.8) is 0 Å². The van der Waals surface area contributed by atoms with Gasteiger partial charge in [0, 0.05) is 19.1 Å². The molecule has 3 N–H and O–H groups in total. The fourth-order valence-electron chi connectivity index (χ4n) is 2.75. The molecule has 1 heterocycles. The minimum Gasteiger partial charge on any atom is -0.368 e. The molecule has 0 aliphatic carbocycles. The highest BCUT2D eigenvalue weighted by molar-refractivity contribution is 5.84. The number of likely N-dealkylation sites (N-methyl/N-ethyl adjacent to an activating group) is 2. The van der Waals surface area contributed by atoms with Gasteiger partial charge >= 0.3 is 0 Å². The molecule has 0 spiro atoms. The van der Waals surface area contributed by atoms with Crippen molar-refractivity contribution in [1.82, 2.24) is 15.1 Å². The first-order valence-corrected chi connectivity index (χ1v) is 6.82. The van der Waals surface area contributed by atoms with Crippen molar-refractivity contribution in [3.8, 4) is 0 Å². The fraction of sp³-hybridized carbons (Fsp3) is 0.923. The maximum absolute atomic E-state index is 11.7. The van der Waals surface area contributed by atoms with E-state index in [2.05, 4.69) is 29.2 Å². The Morgan fingerprint density at radius 3 is 2.72 bits per heavy atom. The van der Waals surface area contributed by atoms with E-state index in [-0.39, 0.29) is 5.91 Å². The van der Waals surface area contributed by atoms with Gasteiger partial charge in [0.2, 0.25) is 5.91 Å². The van der Waals surface area contributed by atoms with Crippen LogP contribution in [0, 0.1) is 0 Å². The zero-order valence-electron chi connectivity index (χ0n) is 12.2. The molecule has 1 aliphatic heterocycles. The van der Waals surface area contributed by atoms with Gasteiger partial charge in [-0.2, -0.15) is 0 Å². The van der Waals surface area contributed by atoms with Crippen molar-refractivity contribution in [1.29, 1.82) is 0 Å². The van der Waals surface area contributed by atoms with Crippen molar-refractivity contribution in [3.05, 3.63) is 0 Å². The number of likely N-dealkylation sites (tertiary alicyclic amines) is 1. The standard InChI is InChI=1S/C13H28N4O/c1-5-15-13(2,12(14)18)10-17-8-6-7-11(17)9-16(3)4/h11,15H,5-10H2,1-4H3,(H2,14,18). The largest absolute Gasteiger partial charge is 0.368 e. The third-order valence-corrected chi connectivity index (χ3v) is 3.71. The van der Waals surface area contributed by atoms with Crippen LogP contribution < -0.4 is 11.1 Å². The Balaban J connectivity index is 2.65. The van der Waals surface area contributed by atoms with E-state index < -0.39 is 5.54 Å². The third kappa shape index (κ3) is 3.93. The van der Waals surface area contributed by atoms with Crippen LogP contribution in [-0.4, -0.2) is 67.6 Å². The van der Waals surface area contributed by atoms with Crippen LogP contribution in [-0.2, 0) is 4.79 Å². The lowest BCUT2D eigenvalue weighted by Gasteiger charge is -2.35. The van der Waals surface area contributed by atoms with Crippen LogP contribution in [0.1, 0.15) is 26.7 Å². The monoisotopic (exact) mass is 256 g/mol. The first-order valence-electron chi connectivity index (χ1n) is 6.82. The number of carbonyl (C=O) groups excluding carboxylic acids is 1. The molecule has 0 aromatic rings. The number of carbonyl (C=O) groups is 1. The molecule has 2 unspecified atom stereocenters. The number of amides is 1. The van der Waals surface area contributed by atoms with Gasteiger partial charge in [-0.1, -0.05) is 6.92 Å². The molecule has 1 saturated heterocycles. The zero-order valence-corrected chi connectivity index (χ0v) is 12.2. The second-order valence-corrected chi connectivity index (χ2v) is 5.76. The van der Waals surface area contributed by atoms with Gasteiger partial charge < -0.3 is 16.0 Å². The Bertz CT molecular complexity index is 282. The Morgan fingerprint density at radius 1 is 1.56 bits per heavy atom. The van der Waals surface area contributed by atoms with Crippen molar-refractivity contribution in [2.24, 2.45) is 5.73 Å². The molecule has 1 aliphatic rings. The number of nitrogens with one attached hydrogen (secondary N) is 1. The summed E-state index contributed by atoms with van der Waals surface area (Å²) in [5, 5.41) is 3.23. The Morgan fingerprint density at radius 2 is 2.22 bits per heavy atom. The molecule has 0 bridgehead atoms. The summed E-state index contributed by atoms with van der Waals surface area (Å²) in [6.45, 7) is 7.47. The van der Waals surface area contributed by atoms with Crippen LogP contribution in [0.5, 0.6) is 0 Å². The van der Waals surface area contributed by atoms with Gasteiger partial charge in [-0.15, -0.1) is 0 Å². The van der Waals surface area contributed by atoms with Crippen LogP contribution >= 0.6 is 0 Å². The van der Waals surface area contributed by atoms with Gasteiger partial charge in [0.15, 0.2) is 0 Å². The van der Waals surface area contributed by atoms with Crippen LogP contribution in [0.4, 0.5) is 0 Å². The summed E-state index contributed by atoms with van der Waals surface area (Å²) in [6, 6.07) is 0.539. The van der Waals surface area contributed by atoms with Crippen molar-refractivity contribution in [2.45, 2.75) is 38.3 Å². The molecular weight excluding hydrogens is 228 g/mol. The van der Waals surface area contributed by atoms with Crippen molar-refractivity contribution < 1.29 is 4.79 Å². The van der Waals surface area contributed by atoms with Crippen molar-refractivity contribution in [2.75, 3.05) is 40.3 Å². The van der Waals surface area contributed by atoms with E-state index in [0.717, 1.165) is 19.6 Å². The van der Waals surface area contributed by atoms with E-state index in [4.69, 9.17) is 5.73 Å². The predicted molar refractivity (Wildman–Crippen MR) is 74.4 cm³/mol. The maximum atomic E-state index is 11.7. The lowest BCUT2D eigenvalue weighted by molar-refractivity contribution is -0.124. The number of primary amides is 1. The average Bonchev–Trinajstić information content (AvgIpc) is 2.64. The second kappa shape index (κ2) is 6.50. The highest BCUT2D eigenvalue weighted by atomic mass is 16.1. The molecular formula is C13H28N4O. The van der Waals surface area contributed by atoms with E-state index in [1.54, 1.807) is 0 Å². The predicted octanol–water partition coefficient (Wildman–Crippen LogP) is -0.134. The lowest BCUT2D eigenvalue weighted by Crippen LogP contribution is -2.60. The first-order chi connectivity index (χ1) is 8.39. The molecule has 5 heteroatoms. The molecule has 18 heavy (non-hydrogen) atoms. The summed E-state index contributed by atoms with van der Waals surface area (Å²) in [4.78, 5) is 16.3. The summed E-state index contributed by atoms with van der Waals surface area (Å²) >= 11 is 0. The second-order valence-electron chi connectivity index (χ2n) is 5.76. The molecule has 5 nitrogen and oxygen atoms in total. The van der Waals surface area contributed by atoms with Crippen LogP contribution in [0.15, 0.2) is 0 Å². The maximum Gasteiger partial charge on any atom is 0.238 e. The molecule has 1 rings (SSSR count). The highest BCUT2D eigenvalue weighted by Crippen LogP contribution is 2.20. The molecule has 0 aromatic carbocycles. The van der Waals surface area contributed by atoms with Gasteiger partial charge in [0.1, 0.15) is 5.54 Å². The Hall–Kier alpha value is -0.650. The quantitative estimate of drug-likeness (QED) is 0.666. The number of nitrogens with two attached hydrogens (primary N) is 1. The van der Waals surface area contributed by atoms with E-state index in [1.165, 1.54) is 12.8 Å². The Kier molecular flexibility index (Phi) is 5.56. The minimum absolute atomic E-state index is 0.264. The van der Waals surface area contributed by atoms with Gasteiger partial charge in [0.25, 0.3) is 0 Å². The van der Waals surface area contributed by atoms with Gasteiger partial charge in [-0.3, -0.25) is 9.69 Å². The highest BCUT2D eigenvalue weighted by Gasteiger charge is 2.36. The molecule has 1 amide bonds. The third-order valence-electron chi connectivity index (χ3n) is 3.71. The Labute approximate surface area is 111 Å². The molecule has 0 aromatic heterocycles. The lowest BCUT2D eigenvalue weighted by atomic mass is 10.00. The number of hydrogen-bond donors (Lipinski definition) is 2. The number of hydrogen-bond acceptors (Lipinski definition) is 4. The van der Waals surface area contributed by atoms with Gasteiger partial charge in [-0.25, -0.2) is 0 Å². The number of nitrogens with zero attached hydrogens (tertiary/aromatic N) is 2. The van der Waals surface area contributed by atoms with Crippen LogP contribution in [0.3, 0.4) is 0 Å². The molecule has 2 atom stereocenters. The summed E-state index contributed by atoms with van der Waals surface area (Å²) in [5.41, 5.74) is 4.92. The number of rotatable bonds is 7. The SMILES string of the molecule is CCNC(C)(CN1CCCC1CN(C)C)C(N)=O. The van der Waals surface area contributed by atoms with Crippen LogP contribution in [0.25, 0.3) is 0 Å². The topological polar surface area (TPSA) is 61.6 Å². The minimum atomic E-state index is -0.621. The van der Waals surface area contributed by atoms with Crippen molar-refractivity contribution >= 4 is 5.91 Å². The van der Waals surface area contributed by atoms with E-state index >= 15 is 0 Å². The zero-order chi connectivity index (χ0) is 13.8. The summed E-state index contributed by atoms with van der Waals surface area (Å²) < 4.78 is 0. The summed E-state index contributed by atoms with van der Waals surface area (Å²) in [7, 11) is 4.18. The van der Waals surface area contributed by atoms with E-state index in [1.807, 2.05) is 13.8 Å². The summed E-state index contributed by atoms with van der Waals surface area (Å²) in [5.74, 6) is -0.264. The summed E-state index contributed by atoms with van der Waals surface area (Å²) in [6.07, 6.45) is 2.42. The molecule has 0 radical (unpaired) electrons. The normalized spacial score (nSPS) is 24.4. The average molecular weight is 256 g/mol. The van der Waals surface area contributed by atoms with E-state index in [9.17, 15) is 4.79 Å². The smallest absolute Gasteiger partial charge is 0.238 e. The first kappa shape index (κ1) is 15.4. The van der Waals surface area contributed by atoms with Crippen LogP contribution in [0.2, 0.25) is 0 Å². The molecule has 0 saturated carbocycles. The van der Waals surface area contributed by atoms with Gasteiger partial charge in [0.05, 0.1) is 0 Å². The van der Waals surface area contributed by atoms with E-state index in [0.29, 0.717) is 12.6 Å². The molecule has 1 fully saturated rings. The fourth-order valence-corrected chi connectivity index (χ4v) is 2.75. The molecule has 106 valence electrons.